The van der Waals surface area contributed by atoms with Crippen LogP contribution in [0.3, 0.4) is 0 Å². The van der Waals surface area contributed by atoms with Gasteiger partial charge in [0, 0.05) is 31.6 Å². The molecule has 1 fully saturated rings. The summed E-state index contributed by atoms with van der Waals surface area (Å²) in [7, 11) is 0. The van der Waals surface area contributed by atoms with E-state index in [-0.39, 0.29) is 11.8 Å². The van der Waals surface area contributed by atoms with Crippen molar-refractivity contribution in [2.45, 2.75) is 46.1 Å². The molecule has 0 unspecified atom stereocenters. The monoisotopic (exact) mass is 302 g/mol. The van der Waals surface area contributed by atoms with E-state index < -0.39 is 0 Å². The van der Waals surface area contributed by atoms with Crippen molar-refractivity contribution < 1.29 is 9.59 Å². The quantitative estimate of drug-likeness (QED) is 0.787. The Morgan fingerprint density at radius 3 is 2.59 bits per heavy atom. The number of rotatable bonds is 7. The van der Waals surface area contributed by atoms with Gasteiger partial charge in [-0.25, -0.2) is 0 Å². The summed E-state index contributed by atoms with van der Waals surface area (Å²) < 4.78 is 0. The first-order valence-corrected chi connectivity index (χ1v) is 8.21. The average Bonchev–Trinajstić information content (AvgIpc) is 2.89. The molecule has 1 aromatic carbocycles. The number of nitrogens with zero attached hydrogens (tertiary/aromatic N) is 1. The molecule has 1 aromatic rings. The molecule has 2 amide bonds. The van der Waals surface area contributed by atoms with Crippen molar-refractivity contribution in [1.29, 1.82) is 0 Å². The van der Waals surface area contributed by atoms with Crippen molar-refractivity contribution in [2.24, 2.45) is 5.92 Å². The summed E-state index contributed by atoms with van der Waals surface area (Å²) in [6.45, 7) is 6.59. The van der Waals surface area contributed by atoms with Crippen LogP contribution in [0.1, 0.15) is 55.5 Å². The Morgan fingerprint density at radius 2 is 2.00 bits per heavy atom. The number of nitrogens with one attached hydrogen (secondary N) is 1. The lowest BCUT2D eigenvalue weighted by Gasteiger charge is -2.15. The van der Waals surface area contributed by atoms with Crippen LogP contribution in [0, 0.1) is 5.92 Å². The molecule has 120 valence electrons. The third-order valence-corrected chi connectivity index (χ3v) is 4.00. The van der Waals surface area contributed by atoms with Gasteiger partial charge in [-0.1, -0.05) is 26.0 Å². The highest BCUT2D eigenvalue weighted by Crippen LogP contribution is 2.14. The van der Waals surface area contributed by atoms with Crippen LogP contribution in [0.15, 0.2) is 24.3 Å². The van der Waals surface area contributed by atoms with Gasteiger partial charge in [0.15, 0.2) is 0 Å². The van der Waals surface area contributed by atoms with E-state index in [1.807, 2.05) is 29.2 Å². The van der Waals surface area contributed by atoms with Gasteiger partial charge in [-0.15, -0.1) is 0 Å². The van der Waals surface area contributed by atoms with E-state index in [2.05, 4.69) is 19.2 Å². The Labute approximate surface area is 132 Å². The number of carbonyl (C=O) groups is 2. The maximum Gasteiger partial charge on any atom is 0.251 e. The largest absolute Gasteiger partial charge is 0.352 e. The number of hydrogen-bond acceptors (Lipinski definition) is 2. The minimum atomic E-state index is -0.0208. The van der Waals surface area contributed by atoms with Crippen LogP contribution < -0.4 is 5.32 Å². The second kappa shape index (κ2) is 7.97. The Hall–Kier alpha value is -1.84. The number of hydrogen-bond donors (Lipinski definition) is 1. The molecule has 1 N–H and O–H groups in total. The highest BCUT2D eigenvalue weighted by atomic mass is 16.2. The molecule has 4 nitrogen and oxygen atoms in total. The SMILES string of the molecule is CC(C)CCCNC(=O)c1ccc(CN2CCCC2=O)cc1. The molecular weight excluding hydrogens is 276 g/mol. The molecule has 1 aliphatic rings. The molecule has 0 spiro atoms. The zero-order valence-corrected chi connectivity index (χ0v) is 13.6. The lowest BCUT2D eigenvalue weighted by atomic mass is 10.1. The molecule has 0 atom stereocenters. The first-order valence-electron chi connectivity index (χ1n) is 8.21. The first-order chi connectivity index (χ1) is 10.6. The highest BCUT2D eigenvalue weighted by Gasteiger charge is 2.19. The van der Waals surface area contributed by atoms with E-state index in [9.17, 15) is 9.59 Å². The fourth-order valence-corrected chi connectivity index (χ4v) is 2.67. The highest BCUT2D eigenvalue weighted by molar-refractivity contribution is 5.94. The van der Waals surface area contributed by atoms with Crippen LogP contribution in [0.2, 0.25) is 0 Å². The molecule has 1 aliphatic heterocycles. The molecule has 1 saturated heterocycles. The van der Waals surface area contributed by atoms with E-state index >= 15 is 0 Å². The third kappa shape index (κ3) is 4.86. The van der Waals surface area contributed by atoms with Crippen molar-refractivity contribution >= 4 is 11.8 Å². The van der Waals surface area contributed by atoms with Crippen LogP contribution in [0.5, 0.6) is 0 Å². The lowest BCUT2D eigenvalue weighted by molar-refractivity contribution is -0.128. The van der Waals surface area contributed by atoms with Crippen molar-refractivity contribution in [2.75, 3.05) is 13.1 Å². The Morgan fingerprint density at radius 1 is 1.27 bits per heavy atom. The third-order valence-electron chi connectivity index (χ3n) is 4.00. The van der Waals surface area contributed by atoms with Gasteiger partial charge in [0.1, 0.15) is 0 Å². The molecule has 1 heterocycles. The standard InChI is InChI=1S/C18H26N2O2/c1-14(2)5-3-11-19-18(22)16-9-7-15(8-10-16)13-20-12-4-6-17(20)21/h7-10,14H,3-6,11-13H2,1-2H3,(H,19,22). The lowest BCUT2D eigenvalue weighted by Crippen LogP contribution is -2.25. The number of benzene rings is 1. The number of likely N-dealkylation sites (tertiary alicyclic amines) is 1. The van der Waals surface area contributed by atoms with Crippen molar-refractivity contribution in [3.63, 3.8) is 0 Å². The summed E-state index contributed by atoms with van der Waals surface area (Å²) in [5, 5.41) is 2.95. The predicted octanol–water partition coefficient (Wildman–Crippen LogP) is 2.98. The van der Waals surface area contributed by atoms with Crippen LogP contribution in [-0.4, -0.2) is 29.8 Å². The Bertz CT molecular complexity index is 508. The molecule has 0 radical (unpaired) electrons. The van der Waals surface area contributed by atoms with Gasteiger partial charge in [0.05, 0.1) is 0 Å². The van der Waals surface area contributed by atoms with Gasteiger partial charge >= 0.3 is 0 Å². The van der Waals surface area contributed by atoms with Gasteiger partial charge in [0.2, 0.25) is 5.91 Å². The smallest absolute Gasteiger partial charge is 0.251 e. The van der Waals surface area contributed by atoms with Gasteiger partial charge < -0.3 is 10.2 Å². The molecule has 22 heavy (non-hydrogen) atoms. The van der Waals surface area contributed by atoms with Gasteiger partial charge in [-0.2, -0.15) is 0 Å². The molecule has 0 aromatic heterocycles. The second-order valence-electron chi connectivity index (χ2n) is 6.41. The van der Waals surface area contributed by atoms with E-state index in [1.165, 1.54) is 0 Å². The Kier molecular flexibility index (Phi) is 5.99. The summed E-state index contributed by atoms with van der Waals surface area (Å²) >= 11 is 0. The van der Waals surface area contributed by atoms with Crippen LogP contribution in [0.4, 0.5) is 0 Å². The fourth-order valence-electron chi connectivity index (χ4n) is 2.67. The Balaban J connectivity index is 1.80. The van der Waals surface area contributed by atoms with Gasteiger partial charge in [-0.05, 0) is 42.9 Å². The number of carbonyl (C=O) groups excluding carboxylic acids is 2. The predicted molar refractivity (Wildman–Crippen MR) is 87.5 cm³/mol. The molecule has 4 heteroatoms. The molecule has 0 bridgehead atoms. The van der Waals surface area contributed by atoms with Crippen LogP contribution in [0.25, 0.3) is 0 Å². The maximum absolute atomic E-state index is 12.0. The fraction of sp³-hybridized carbons (Fsp3) is 0.556. The van der Waals surface area contributed by atoms with Crippen molar-refractivity contribution in [3.05, 3.63) is 35.4 Å². The van der Waals surface area contributed by atoms with Crippen LogP contribution >= 0.6 is 0 Å². The summed E-state index contributed by atoms with van der Waals surface area (Å²) in [4.78, 5) is 25.5. The first kappa shape index (κ1) is 16.5. The molecular formula is C18H26N2O2. The summed E-state index contributed by atoms with van der Waals surface area (Å²) in [6, 6.07) is 7.56. The van der Waals surface area contributed by atoms with E-state index in [1.54, 1.807) is 0 Å². The zero-order valence-electron chi connectivity index (χ0n) is 13.6. The topological polar surface area (TPSA) is 49.4 Å². The molecule has 2 rings (SSSR count). The molecule has 0 aliphatic carbocycles. The number of amides is 2. The van der Waals surface area contributed by atoms with Crippen molar-refractivity contribution in [3.8, 4) is 0 Å². The van der Waals surface area contributed by atoms with E-state index in [0.29, 0.717) is 24.4 Å². The normalized spacial score (nSPS) is 14.7. The summed E-state index contributed by atoms with van der Waals surface area (Å²) in [5.74, 6) is 0.879. The zero-order chi connectivity index (χ0) is 15.9. The second-order valence-corrected chi connectivity index (χ2v) is 6.41. The maximum atomic E-state index is 12.0. The van der Waals surface area contributed by atoms with Crippen LogP contribution in [-0.2, 0) is 11.3 Å². The minimum Gasteiger partial charge on any atom is -0.352 e. The van der Waals surface area contributed by atoms with E-state index in [4.69, 9.17) is 0 Å². The summed E-state index contributed by atoms with van der Waals surface area (Å²) in [5.41, 5.74) is 1.76. The van der Waals surface area contributed by atoms with Gasteiger partial charge in [0.25, 0.3) is 5.91 Å². The average molecular weight is 302 g/mol. The van der Waals surface area contributed by atoms with E-state index in [0.717, 1.165) is 37.9 Å². The molecule has 0 saturated carbocycles. The minimum absolute atomic E-state index is 0.0208. The summed E-state index contributed by atoms with van der Waals surface area (Å²) in [6.07, 6.45) is 3.76. The van der Waals surface area contributed by atoms with Gasteiger partial charge in [-0.3, -0.25) is 9.59 Å². The van der Waals surface area contributed by atoms with Crippen molar-refractivity contribution in [1.82, 2.24) is 10.2 Å².